The molecule has 2 aliphatic rings. The minimum Gasteiger partial charge on any atom is -0.507 e. The van der Waals surface area contributed by atoms with Gasteiger partial charge in [-0.1, -0.05) is 29.3 Å². The number of carbonyl (C=O) groups excluding carboxylic acids is 1. The van der Waals surface area contributed by atoms with Crippen molar-refractivity contribution in [2.24, 2.45) is 0 Å². The van der Waals surface area contributed by atoms with Crippen molar-refractivity contribution in [1.82, 2.24) is 0 Å². The van der Waals surface area contributed by atoms with Gasteiger partial charge in [-0.2, -0.15) is 0 Å². The van der Waals surface area contributed by atoms with E-state index in [4.69, 9.17) is 27.9 Å². The lowest BCUT2D eigenvalue weighted by molar-refractivity contribution is -0.154. The van der Waals surface area contributed by atoms with E-state index in [0.717, 1.165) is 6.42 Å². The van der Waals surface area contributed by atoms with Crippen molar-refractivity contribution in [1.29, 1.82) is 0 Å². The summed E-state index contributed by atoms with van der Waals surface area (Å²) in [6.07, 6.45) is 2.30. The minimum absolute atomic E-state index is 0.0251. The van der Waals surface area contributed by atoms with Crippen molar-refractivity contribution in [2.45, 2.75) is 24.9 Å². The molecule has 1 aliphatic heterocycles. The van der Waals surface area contributed by atoms with E-state index in [0.29, 0.717) is 28.5 Å². The summed E-state index contributed by atoms with van der Waals surface area (Å²) in [5, 5.41) is 11.0. The first-order valence-electron chi connectivity index (χ1n) is 5.66. The van der Waals surface area contributed by atoms with Gasteiger partial charge >= 0.3 is 5.97 Å². The number of esters is 1. The van der Waals surface area contributed by atoms with E-state index in [1.807, 2.05) is 0 Å². The Kier molecular flexibility index (Phi) is 2.57. The normalized spacial score (nSPS) is 21.1. The smallest absolute Gasteiger partial charge is 0.343 e. The zero-order valence-corrected chi connectivity index (χ0v) is 10.9. The largest absolute Gasteiger partial charge is 0.507 e. The Morgan fingerprint density at radius 2 is 1.94 bits per heavy atom. The number of ether oxygens (including phenoxy) is 1. The van der Waals surface area contributed by atoms with Gasteiger partial charge in [0.2, 0.25) is 0 Å². The van der Waals surface area contributed by atoms with Crippen molar-refractivity contribution < 1.29 is 14.6 Å². The van der Waals surface area contributed by atoms with E-state index in [-0.39, 0.29) is 11.3 Å². The summed E-state index contributed by atoms with van der Waals surface area (Å²) >= 11 is 11.7. The average molecular weight is 285 g/mol. The Morgan fingerprint density at radius 3 is 2.44 bits per heavy atom. The molecule has 3 nitrogen and oxygen atoms in total. The van der Waals surface area contributed by atoms with Gasteiger partial charge in [-0.3, -0.25) is 0 Å². The summed E-state index contributed by atoms with van der Waals surface area (Å²) < 4.78 is 5.30. The lowest BCUT2D eigenvalue weighted by Crippen LogP contribution is -2.39. The van der Waals surface area contributed by atoms with E-state index >= 15 is 0 Å². The van der Waals surface area contributed by atoms with Crippen LogP contribution in [-0.2, 0) is 9.53 Å². The minimum atomic E-state index is -0.779. The Hall–Kier alpha value is -1.19. The average Bonchev–Trinajstić information content (AvgIpc) is 2.55. The zero-order valence-electron chi connectivity index (χ0n) is 9.37. The number of hydrogen-bond acceptors (Lipinski definition) is 3. The molecule has 1 aromatic carbocycles. The molecular weight excluding hydrogens is 275 g/mol. The van der Waals surface area contributed by atoms with Crippen LogP contribution in [0.25, 0.3) is 5.57 Å². The molecule has 0 radical (unpaired) electrons. The van der Waals surface area contributed by atoms with Gasteiger partial charge in [0.1, 0.15) is 5.57 Å². The molecule has 0 amide bonds. The predicted octanol–water partition coefficient (Wildman–Crippen LogP) is 3.74. The Bertz CT molecular complexity index is 574. The van der Waals surface area contributed by atoms with Gasteiger partial charge in [-0.25, -0.2) is 4.79 Å². The van der Waals surface area contributed by atoms with Gasteiger partial charge in [0.15, 0.2) is 11.4 Å². The lowest BCUT2D eigenvalue weighted by Gasteiger charge is -2.36. The molecule has 1 fully saturated rings. The molecule has 94 valence electrons. The van der Waals surface area contributed by atoms with Crippen molar-refractivity contribution >= 4 is 34.7 Å². The van der Waals surface area contributed by atoms with Gasteiger partial charge in [-0.05, 0) is 37.0 Å². The summed E-state index contributed by atoms with van der Waals surface area (Å²) in [6, 6.07) is 4.81. The molecule has 1 aromatic rings. The third kappa shape index (κ3) is 1.54. The van der Waals surface area contributed by atoms with Crippen LogP contribution in [0.3, 0.4) is 0 Å². The number of aliphatic hydroxyl groups excluding tert-OH is 1. The summed E-state index contributed by atoms with van der Waals surface area (Å²) in [5.74, 6) is -0.470. The first kappa shape index (κ1) is 11.9. The third-order valence-corrected chi connectivity index (χ3v) is 4.27. The molecule has 0 unspecified atom stereocenters. The SMILES string of the molecule is O=C1OC2(CCC2)C(O)=C1c1ccc(Cl)c(Cl)c1. The Balaban J connectivity index is 2.09. The van der Waals surface area contributed by atoms with E-state index in [2.05, 4.69) is 0 Å². The fourth-order valence-electron chi connectivity index (χ4n) is 2.34. The van der Waals surface area contributed by atoms with Gasteiger partial charge < -0.3 is 9.84 Å². The Labute approximate surface area is 114 Å². The van der Waals surface area contributed by atoms with Crippen LogP contribution in [0.2, 0.25) is 10.0 Å². The van der Waals surface area contributed by atoms with E-state index < -0.39 is 11.6 Å². The summed E-state index contributed by atoms with van der Waals surface area (Å²) in [7, 11) is 0. The summed E-state index contributed by atoms with van der Waals surface area (Å²) in [5.41, 5.74) is -0.0395. The van der Waals surface area contributed by atoms with E-state index in [1.54, 1.807) is 18.2 Å². The number of carbonyl (C=O) groups is 1. The second kappa shape index (κ2) is 3.90. The second-order valence-corrected chi connectivity index (χ2v) is 5.40. The van der Waals surface area contributed by atoms with Gasteiger partial charge in [0.05, 0.1) is 10.0 Å². The second-order valence-electron chi connectivity index (χ2n) is 4.59. The first-order valence-corrected chi connectivity index (χ1v) is 6.42. The van der Waals surface area contributed by atoms with E-state index in [1.165, 1.54) is 0 Å². The zero-order chi connectivity index (χ0) is 12.9. The molecule has 0 bridgehead atoms. The quantitative estimate of drug-likeness (QED) is 0.799. The standard InChI is InChI=1S/C13H10Cl2O3/c14-8-3-2-7(6-9(8)15)10-11(16)13(4-1-5-13)18-12(10)17/h2-3,6,16H,1,4-5H2. The van der Waals surface area contributed by atoms with Crippen LogP contribution in [0.1, 0.15) is 24.8 Å². The van der Waals surface area contributed by atoms with Crippen LogP contribution in [0.5, 0.6) is 0 Å². The molecule has 0 saturated heterocycles. The fraction of sp³-hybridized carbons (Fsp3) is 0.308. The van der Waals surface area contributed by atoms with E-state index in [9.17, 15) is 9.90 Å². The highest BCUT2D eigenvalue weighted by Gasteiger charge is 2.52. The molecule has 1 spiro atoms. The highest BCUT2D eigenvalue weighted by Crippen LogP contribution is 2.48. The van der Waals surface area contributed by atoms with Crippen LogP contribution >= 0.6 is 23.2 Å². The van der Waals surface area contributed by atoms with Crippen molar-refractivity contribution in [3.8, 4) is 0 Å². The molecule has 0 aromatic heterocycles. The maximum absolute atomic E-state index is 11.9. The molecule has 18 heavy (non-hydrogen) atoms. The predicted molar refractivity (Wildman–Crippen MR) is 68.7 cm³/mol. The van der Waals surface area contributed by atoms with Gasteiger partial charge in [0.25, 0.3) is 0 Å². The van der Waals surface area contributed by atoms with Crippen LogP contribution < -0.4 is 0 Å². The number of halogens is 2. The molecule has 0 atom stereocenters. The maximum Gasteiger partial charge on any atom is 0.343 e. The molecular formula is C13H10Cl2O3. The van der Waals surface area contributed by atoms with Crippen LogP contribution in [-0.4, -0.2) is 16.7 Å². The maximum atomic E-state index is 11.9. The number of hydrogen-bond donors (Lipinski definition) is 1. The first-order chi connectivity index (χ1) is 8.53. The highest BCUT2D eigenvalue weighted by atomic mass is 35.5. The molecule has 1 aliphatic carbocycles. The number of benzene rings is 1. The molecule has 1 heterocycles. The third-order valence-electron chi connectivity index (χ3n) is 3.53. The van der Waals surface area contributed by atoms with Gasteiger partial charge in [-0.15, -0.1) is 0 Å². The fourth-order valence-corrected chi connectivity index (χ4v) is 2.64. The van der Waals surface area contributed by atoms with Crippen molar-refractivity contribution in [2.75, 3.05) is 0 Å². The molecule has 5 heteroatoms. The van der Waals surface area contributed by atoms with Crippen LogP contribution in [0, 0.1) is 0 Å². The molecule has 3 rings (SSSR count). The monoisotopic (exact) mass is 284 g/mol. The Morgan fingerprint density at radius 1 is 1.22 bits per heavy atom. The molecule has 1 saturated carbocycles. The van der Waals surface area contributed by atoms with Crippen molar-refractivity contribution in [3.63, 3.8) is 0 Å². The molecule has 1 N–H and O–H groups in total. The number of aliphatic hydroxyl groups is 1. The highest BCUT2D eigenvalue weighted by molar-refractivity contribution is 6.42. The van der Waals surface area contributed by atoms with Crippen molar-refractivity contribution in [3.05, 3.63) is 39.6 Å². The lowest BCUT2D eigenvalue weighted by atomic mass is 9.78. The summed E-state index contributed by atoms with van der Waals surface area (Å²) in [6.45, 7) is 0. The van der Waals surface area contributed by atoms with Crippen LogP contribution in [0.15, 0.2) is 24.0 Å². The topological polar surface area (TPSA) is 46.5 Å². The summed E-state index contributed by atoms with van der Waals surface area (Å²) in [4.78, 5) is 11.9. The number of rotatable bonds is 1. The van der Waals surface area contributed by atoms with Gasteiger partial charge in [0, 0.05) is 0 Å². The van der Waals surface area contributed by atoms with Crippen LogP contribution in [0.4, 0.5) is 0 Å².